The molecule has 0 bridgehead atoms. The van der Waals surface area contributed by atoms with E-state index in [1.165, 1.54) is 0 Å². The van der Waals surface area contributed by atoms with Gasteiger partial charge in [0, 0.05) is 18.8 Å². The van der Waals surface area contributed by atoms with Crippen LogP contribution in [0.2, 0.25) is 5.02 Å². The van der Waals surface area contributed by atoms with Crippen LogP contribution in [0, 0.1) is 0 Å². The summed E-state index contributed by atoms with van der Waals surface area (Å²) in [6, 6.07) is 5.52. The minimum Gasteiger partial charge on any atom is -0.409 e. The van der Waals surface area contributed by atoms with Gasteiger partial charge in [-0.2, -0.15) is 0 Å². The molecule has 21 heavy (non-hydrogen) atoms. The smallest absolute Gasteiger partial charge is 0.173 e. The Balaban J connectivity index is 2.49. The summed E-state index contributed by atoms with van der Waals surface area (Å²) >= 11 is 6.23. The van der Waals surface area contributed by atoms with E-state index in [1.807, 2.05) is 12.1 Å². The maximum absolute atomic E-state index is 9.00. The maximum atomic E-state index is 9.00. The molecule has 1 heterocycles. The molecule has 1 aliphatic rings. The first-order valence-electron chi connectivity index (χ1n) is 6.87. The molecule has 0 spiro atoms. The average molecular weight is 312 g/mol. The van der Waals surface area contributed by atoms with Gasteiger partial charge in [0.25, 0.3) is 0 Å². The standard InChI is InChI=1S/C15H22ClN3O2/c1-14(2)8-19(9-15(3,4)21-14)11-7-5-6-10(16)12(11)13(17)18-20/h5-7,20H,8-9H2,1-4H3,(H2,17,18). The molecule has 1 fully saturated rings. The van der Waals surface area contributed by atoms with Crippen LogP contribution in [-0.4, -0.2) is 35.3 Å². The highest BCUT2D eigenvalue weighted by atomic mass is 35.5. The van der Waals surface area contributed by atoms with Crippen molar-refractivity contribution in [2.75, 3.05) is 18.0 Å². The van der Waals surface area contributed by atoms with Gasteiger partial charge in [-0.1, -0.05) is 22.8 Å². The van der Waals surface area contributed by atoms with Crippen molar-refractivity contribution in [2.45, 2.75) is 38.9 Å². The highest BCUT2D eigenvalue weighted by molar-refractivity contribution is 6.34. The summed E-state index contributed by atoms with van der Waals surface area (Å²) in [5.41, 5.74) is 6.60. The molecule has 0 atom stereocenters. The number of morpholine rings is 1. The number of anilines is 1. The third-order valence-electron chi connectivity index (χ3n) is 3.39. The third kappa shape index (κ3) is 3.41. The van der Waals surface area contributed by atoms with Crippen LogP contribution in [0.3, 0.4) is 0 Å². The molecule has 0 aromatic heterocycles. The van der Waals surface area contributed by atoms with Crippen molar-refractivity contribution < 1.29 is 9.94 Å². The summed E-state index contributed by atoms with van der Waals surface area (Å²) in [5.74, 6) is 0.0118. The van der Waals surface area contributed by atoms with Gasteiger partial charge in [-0.15, -0.1) is 0 Å². The van der Waals surface area contributed by atoms with E-state index in [0.29, 0.717) is 23.7 Å². The molecule has 1 aromatic rings. The number of ether oxygens (including phenoxy) is 1. The Kier molecular flexibility index (Phi) is 4.08. The fraction of sp³-hybridized carbons (Fsp3) is 0.533. The molecule has 0 radical (unpaired) electrons. The fourth-order valence-electron chi connectivity index (χ4n) is 3.04. The van der Waals surface area contributed by atoms with Crippen LogP contribution in [0.1, 0.15) is 33.3 Å². The number of hydrogen-bond acceptors (Lipinski definition) is 4. The lowest BCUT2D eigenvalue weighted by atomic mass is 9.97. The van der Waals surface area contributed by atoms with Crippen molar-refractivity contribution in [1.82, 2.24) is 0 Å². The number of nitrogens with two attached hydrogens (primary N) is 1. The van der Waals surface area contributed by atoms with Crippen molar-refractivity contribution in [1.29, 1.82) is 0 Å². The van der Waals surface area contributed by atoms with Crippen LogP contribution in [-0.2, 0) is 4.74 Å². The van der Waals surface area contributed by atoms with Gasteiger partial charge in [0.15, 0.2) is 5.84 Å². The lowest BCUT2D eigenvalue weighted by Gasteiger charge is -2.48. The highest BCUT2D eigenvalue weighted by Gasteiger charge is 2.39. The number of amidine groups is 1. The zero-order valence-corrected chi connectivity index (χ0v) is 13.6. The minimum atomic E-state index is -0.299. The minimum absolute atomic E-state index is 0.0118. The topological polar surface area (TPSA) is 71.1 Å². The van der Waals surface area contributed by atoms with E-state index in [1.54, 1.807) is 6.07 Å². The van der Waals surface area contributed by atoms with E-state index >= 15 is 0 Å². The summed E-state index contributed by atoms with van der Waals surface area (Å²) in [5, 5.41) is 12.6. The second kappa shape index (κ2) is 5.39. The Labute approximate surface area is 130 Å². The summed E-state index contributed by atoms with van der Waals surface area (Å²) in [6.45, 7) is 9.59. The average Bonchev–Trinajstić information content (AvgIpc) is 2.33. The SMILES string of the molecule is CC1(C)CN(c2cccc(Cl)c2/C(N)=N/O)CC(C)(C)O1. The van der Waals surface area contributed by atoms with Crippen molar-refractivity contribution in [3.8, 4) is 0 Å². The molecular weight excluding hydrogens is 290 g/mol. The molecule has 5 nitrogen and oxygen atoms in total. The van der Waals surface area contributed by atoms with Gasteiger partial charge in [-0.05, 0) is 39.8 Å². The monoisotopic (exact) mass is 311 g/mol. The Hall–Kier alpha value is -1.46. The molecule has 6 heteroatoms. The van der Waals surface area contributed by atoms with Crippen LogP contribution < -0.4 is 10.6 Å². The number of halogens is 1. The van der Waals surface area contributed by atoms with Crippen molar-refractivity contribution in [3.63, 3.8) is 0 Å². The number of hydrogen-bond donors (Lipinski definition) is 2. The van der Waals surface area contributed by atoms with Crippen LogP contribution in [0.5, 0.6) is 0 Å². The summed E-state index contributed by atoms with van der Waals surface area (Å²) < 4.78 is 6.08. The predicted molar refractivity (Wildman–Crippen MR) is 85.4 cm³/mol. The molecule has 1 aromatic carbocycles. The van der Waals surface area contributed by atoms with E-state index in [-0.39, 0.29) is 17.0 Å². The first kappa shape index (κ1) is 15.9. The lowest BCUT2D eigenvalue weighted by molar-refractivity contribution is -0.133. The quantitative estimate of drug-likeness (QED) is 0.381. The lowest BCUT2D eigenvalue weighted by Crippen LogP contribution is -2.57. The fourth-order valence-corrected chi connectivity index (χ4v) is 3.30. The number of oxime groups is 1. The molecule has 0 aliphatic carbocycles. The normalized spacial score (nSPS) is 21.4. The molecule has 116 valence electrons. The number of nitrogens with zero attached hydrogens (tertiary/aromatic N) is 2. The predicted octanol–water partition coefficient (Wildman–Crippen LogP) is 2.83. The maximum Gasteiger partial charge on any atom is 0.173 e. The van der Waals surface area contributed by atoms with Gasteiger partial charge in [-0.25, -0.2) is 0 Å². The number of rotatable bonds is 2. The Morgan fingerprint density at radius 1 is 1.29 bits per heavy atom. The Morgan fingerprint density at radius 3 is 2.38 bits per heavy atom. The van der Waals surface area contributed by atoms with E-state index in [0.717, 1.165) is 5.69 Å². The molecule has 0 unspecified atom stereocenters. The zero-order chi connectivity index (χ0) is 15.8. The van der Waals surface area contributed by atoms with Gasteiger partial charge in [0.1, 0.15) is 0 Å². The van der Waals surface area contributed by atoms with Crippen molar-refractivity contribution in [2.24, 2.45) is 10.9 Å². The van der Waals surface area contributed by atoms with E-state index in [9.17, 15) is 0 Å². The Bertz CT molecular complexity index is 554. The van der Waals surface area contributed by atoms with E-state index in [4.69, 9.17) is 27.3 Å². The van der Waals surface area contributed by atoms with Gasteiger partial charge in [0.2, 0.25) is 0 Å². The first-order valence-corrected chi connectivity index (χ1v) is 7.24. The Morgan fingerprint density at radius 2 is 1.86 bits per heavy atom. The largest absolute Gasteiger partial charge is 0.409 e. The van der Waals surface area contributed by atoms with Gasteiger partial charge in [-0.3, -0.25) is 0 Å². The number of benzene rings is 1. The van der Waals surface area contributed by atoms with Crippen LogP contribution in [0.15, 0.2) is 23.4 Å². The zero-order valence-electron chi connectivity index (χ0n) is 12.9. The van der Waals surface area contributed by atoms with Crippen LogP contribution in [0.4, 0.5) is 5.69 Å². The molecule has 1 aliphatic heterocycles. The van der Waals surface area contributed by atoms with Crippen LogP contribution in [0.25, 0.3) is 0 Å². The molecule has 3 N–H and O–H groups in total. The first-order chi connectivity index (χ1) is 9.65. The van der Waals surface area contributed by atoms with Gasteiger partial charge >= 0.3 is 0 Å². The van der Waals surface area contributed by atoms with Crippen molar-refractivity contribution >= 4 is 23.1 Å². The van der Waals surface area contributed by atoms with E-state index < -0.39 is 0 Å². The molecule has 0 amide bonds. The highest BCUT2D eigenvalue weighted by Crippen LogP contribution is 2.35. The van der Waals surface area contributed by atoms with Gasteiger partial charge in [0.05, 0.1) is 21.8 Å². The molecule has 1 saturated heterocycles. The molecule has 0 saturated carbocycles. The second-order valence-electron chi connectivity index (χ2n) is 6.60. The summed E-state index contributed by atoms with van der Waals surface area (Å²) in [4.78, 5) is 2.17. The summed E-state index contributed by atoms with van der Waals surface area (Å²) in [6.07, 6.45) is 0. The van der Waals surface area contributed by atoms with Gasteiger partial charge < -0.3 is 20.6 Å². The third-order valence-corrected chi connectivity index (χ3v) is 3.71. The molecular formula is C15H22ClN3O2. The second-order valence-corrected chi connectivity index (χ2v) is 7.00. The van der Waals surface area contributed by atoms with Crippen LogP contribution >= 0.6 is 11.6 Å². The van der Waals surface area contributed by atoms with Crippen molar-refractivity contribution in [3.05, 3.63) is 28.8 Å². The van der Waals surface area contributed by atoms with E-state index in [2.05, 4.69) is 37.8 Å². The molecule has 2 rings (SSSR count). The summed E-state index contributed by atoms with van der Waals surface area (Å²) in [7, 11) is 0.